The number of ether oxygens (including phenoxy) is 1. The van der Waals surface area contributed by atoms with Gasteiger partial charge in [-0.15, -0.1) is 0 Å². The van der Waals surface area contributed by atoms with E-state index in [4.69, 9.17) is 4.74 Å². The predicted molar refractivity (Wildman–Crippen MR) is 119 cm³/mol. The zero-order valence-electron chi connectivity index (χ0n) is 19.5. The molecule has 0 unspecified atom stereocenters. The molecule has 0 radical (unpaired) electrons. The number of allylic oxidation sites excluding steroid dienone is 2. The quantitative estimate of drug-likeness (QED) is 0.311. The maximum absolute atomic E-state index is 14.1. The Morgan fingerprint density at radius 1 is 0.846 bits per heavy atom. The molecule has 0 spiro atoms. The van der Waals surface area contributed by atoms with Gasteiger partial charge in [-0.1, -0.05) is 0 Å². The molecule has 0 fully saturated rings. The van der Waals surface area contributed by atoms with Crippen molar-refractivity contribution in [2.24, 2.45) is 0 Å². The molecular formula is C26H16F9NO3. The van der Waals surface area contributed by atoms with E-state index in [2.05, 4.69) is 4.98 Å². The first-order valence-electron chi connectivity index (χ1n) is 11.2. The lowest BCUT2D eigenvalue weighted by atomic mass is 9.96. The molecule has 13 heteroatoms. The topological polar surface area (TPSA) is 59.4 Å². The maximum Gasteiger partial charge on any atom is 0.416 e. The SMILES string of the molecule is O=C(O)c1cc(C(F)(F)F)cc(C2=C(c3cc(C(F)(F)F)ccc3OCc3c(F)cc(F)cc3F)CCC2)n1. The van der Waals surface area contributed by atoms with Crippen LogP contribution in [0.25, 0.3) is 11.1 Å². The molecule has 1 N–H and O–H groups in total. The minimum atomic E-state index is -4.94. The van der Waals surface area contributed by atoms with E-state index in [-0.39, 0.29) is 41.7 Å². The van der Waals surface area contributed by atoms with Crippen LogP contribution < -0.4 is 4.74 Å². The number of carboxylic acids is 1. The maximum atomic E-state index is 14.1. The molecule has 4 nitrogen and oxygen atoms in total. The third-order valence-corrected chi connectivity index (χ3v) is 6.01. The van der Waals surface area contributed by atoms with Crippen LogP contribution in [0, 0.1) is 17.5 Å². The molecule has 0 aliphatic heterocycles. The average molecular weight is 561 g/mol. The number of hydrogen-bond donors (Lipinski definition) is 1. The smallest absolute Gasteiger partial charge is 0.416 e. The van der Waals surface area contributed by atoms with Crippen LogP contribution in [0.3, 0.4) is 0 Å². The molecule has 39 heavy (non-hydrogen) atoms. The van der Waals surface area contributed by atoms with Gasteiger partial charge in [0.2, 0.25) is 0 Å². The van der Waals surface area contributed by atoms with Crippen molar-refractivity contribution >= 4 is 17.1 Å². The Balaban J connectivity index is 1.86. The molecule has 0 amide bonds. The highest BCUT2D eigenvalue weighted by molar-refractivity contribution is 5.95. The van der Waals surface area contributed by atoms with E-state index >= 15 is 0 Å². The Bertz CT molecular complexity index is 1450. The molecule has 2 aromatic carbocycles. The Labute approximate surface area is 214 Å². The fourth-order valence-electron chi connectivity index (χ4n) is 4.21. The molecule has 3 aromatic rings. The second kappa shape index (κ2) is 10.3. The standard InChI is InChI=1S/C26H16F9NO3/c27-14-9-19(28)18(20(29)10-14)11-39-23-5-4-12(25(30,31)32)6-17(23)15-2-1-3-16(15)21-7-13(26(33,34)35)8-22(36-21)24(37)38/h4-10H,1-3,11H2,(H,37,38). The Morgan fingerprint density at radius 3 is 2.05 bits per heavy atom. The first kappa shape index (κ1) is 28.0. The van der Waals surface area contributed by atoms with Gasteiger partial charge < -0.3 is 9.84 Å². The van der Waals surface area contributed by atoms with Crippen molar-refractivity contribution in [3.8, 4) is 5.75 Å². The first-order valence-corrected chi connectivity index (χ1v) is 11.2. The van der Waals surface area contributed by atoms with Gasteiger partial charge in [0.25, 0.3) is 0 Å². The number of alkyl halides is 6. The van der Waals surface area contributed by atoms with E-state index in [0.29, 0.717) is 36.4 Å². The molecule has 0 atom stereocenters. The largest absolute Gasteiger partial charge is 0.488 e. The van der Waals surface area contributed by atoms with E-state index in [9.17, 15) is 49.4 Å². The normalized spacial score (nSPS) is 14.2. The van der Waals surface area contributed by atoms with E-state index in [1.54, 1.807) is 0 Å². The molecule has 206 valence electrons. The van der Waals surface area contributed by atoms with Crippen LogP contribution in [0.2, 0.25) is 0 Å². The first-order chi connectivity index (χ1) is 18.1. The summed E-state index contributed by atoms with van der Waals surface area (Å²) in [7, 11) is 0. The summed E-state index contributed by atoms with van der Waals surface area (Å²) in [4.78, 5) is 15.2. The average Bonchev–Trinajstić information content (AvgIpc) is 3.32. The highest BCUT2D eigenvalue weighted by Crippen LogP contribution is 2.45. The second-order valence-corrected chi connectivity index (χ2v) is 8.59. The highest BCUT2D eigenvalue weighted by atomic mass is 19.4. The fourth-order valence-corrected chi connectivity index (χ4v) is 4.21. The summed E-state index contributed by atoms with van der Waals surface area (Å²) in [6.45, 7) is -0.843. The summed E-state index contributed by atoms with van der Waals surface area (Å²) in [5.41, 5.74) is -4.52. The number of benzene rings is 2. The van der Waals surface area contributed by atoms with E-state index in [1.165, 1.54) is 0 Å². The zero-order valence-corrected chi connectivity index (χ0v) is 19.5. The number of hydrogen-bond acceptors (Lipinski definition) is 3. The van der Waals surface area contributed by atoms with Gasteiger partial charge in [0.15, 0.2) is 0 Å². The summed E-state index contributed by atoms with van der Waals surface area (Å²) in [6, 6.07) is 3.95. The number of pyridine rings is 1. The van der Waals surface area contributed by atoms with E-state index in [0.717, 1.165) is 6.07 Å². The summed E-state index contributed by atoms with van der Waals surface area (Å²) >= 11 is 0. The van der Waals surface area contributed by atoms with Crippen molar-refractivity contribution in [1.82, 2.24) is 4.98 Å². The van der Waals surface area contributed by atoms with Gasteiger partial charge in [0.1, 0.15) is 35.5 Å². The second-order valence-electron chi connectivity index (χ2n) is 8.59. The lowest BCUT2D eigenvalue weighted by molar-refractivity contribution is -0.138. The number of nitrogens with zero attached hydrogens (tertiary/aromatic N) is 1. The van der Waals surface area contributed by atoms with Crippen LogP contribution in [-0.4, -0.2) is 16.1 Å². The molecule has 0 bridgehead atoms. The van der Waals surface area contributed by atoms with Crippen LogP contribution in [0.1, 0.15) is 57.7 Å². The Morgan fingerprint density at radius 2 is 1.46 bits per heavy atom. The summed E-state index contributed by atoms with van der Waals surface area (Å²) < 4.78 is 128. The third-order valence-electron chi connectivity index (χ3n) is 6.01. The minimum absolute atomic E-state index is 0.0552. The lowest BCUT2D eigenvalue weighted by Gasteiger charge is -2.18. The van der Waals surface area contributed by atoms with Gasteiger partial charge in [-0.3, -0.25) is 0 Å². The van der Waals surface area contributed by atoms with Crippen LogP contribution >= 0.6 is 0 Å². The predicted octanol–water partition coefficient (Wildman–Crippen LogP) is 7.91. The summed E-state index contributed by atoms with van der Waals surface area (Å²) in [5, 5.41) is 9.26. The van der Waals surface area contributed by atoms with Crippen molar-refractivity contribution in [2.45, 2.75) is 38.2 Å². The van der Waals surface area contributed by atoms with Crippen LogP contribution in [0.15, 0.2) is 42.5 Å². The van der Waals surface area contributed by atoms with Gasteiger partial charge in [-0.05, 0) is 60.7 Å². The van der Waals surface area contributed by atoms with Crippen molar-refractivity contribution in [3.63, 3.8) is 0 Å². The van der Waals surface area contributed by atoms with Crippen molar-refractivity contribution in [2.75, 3.05) is 0 Å². The highest BCUT2D eigenvalue weighted by Gasteiger charge is 2.35. The van der Waals surface area contributed by atoms with Crippen molar-refractivity contribution in [1.29, 1.82) is 0 Å². The zero-order chi connectivity index (χ0) is 28.7. The van der Waals surface area contributed by atoms with Crippen LogP contribution in [0.5, 0.6) is 5.75 Å². The molecule has 1 aliphatic rings. The summed E-state index contributed by atoms with van der Waals surface area (Å²) in [6.07, 6.45) is -9.37. The fraction of sp³-hybridized carbons (Fsp3) is 0.231. The van der Waals surface area contributed by atoms with E-state index < -0.39 is 70.5 Å². The van der Waals surface area contributed by atoms with Crippen LogP contribution in [0.4, 0.5) is 39.5 Å². The number of halogens is 9. The summed E-state index contributed by atoms with van der Waals surface area (Å²) in [5.74, 6) is -5.81. The van der Waals surface area contributed by atoms with Gasteiger partial charge >= 0.3 is 18.3 Å². The number of rotatable bonds is 6. The van der Waals surface area contributed by atoms with Gasteiger partial charge in [0, 0.05) is 17.7 Å². The molecule has 0 saturated heterocycles. The number of carbonyl (C=O) groups is 1. The van der Waals surface area contributed by atoms with Gasteiger partial charge in [0.05, 0.1) is 22.4 Å². The lowest BCUT2D eigenvalue weighted by Crippen LogP contribution is -2.11. The Hall–Kier alpha value is -4.03. The molecule has 1 heterocycles. The molecule has 4 rings (SSSR count). The molecule has 0 saturated carbocycles. The van der Waals surface area contributed by atoms with Gasteiger partial charge in [-0.2, -0.15) is 26.3 Å². The van der Waals surface area contributed by atoms with Gasteiger partial charge in [-0.25, -0.2) is 22.9 Å². The van der Waals surface area contributed by atoms with Crippen molar-refractivity contribution in [3.05, 3.63) is 93.6 Å². The Kier molecular flexibility index (Phi) is 7.37. The monoisotopic (exact) mass is 561 g/mol. The third kappa shape index (κ3) is 6.02. The van der Waals surface area contributed by atoms with Crippen LogP contribution in [-0.2, 0) is 19.0 Å². The molecular weight excluding hydrogens is 545 g/mol. The molecule has 1 aromatic heterocycles. The van der Waals surface area contributed by atoms with Crippen molar-refractivity contribution < 1.29 is 54.2 Å². The number of aromatic nitrogens is 1. The number of aromatic carboxylic acids is 1. The number of carboxylic acid groups (broad SMARTS) is 1. The minimum Gasteiger partial charge on any atom is -0.488 e. The van der Waals surface area contributed by atoms with E-state index in [1.807, 2.05) is 0 Å². The molecule has 1 aliphatic carbocycles.